The molecule has 0 saturated heterocycles. The molecule has 2 aromatic heterocycles. The van der Waals surface area contributed by atoms with Gasteiger partial charge in [-0.05, 0) is 32.3 Å². The average molecular weight is 351 g/mol. The van der Waals surface area contributed by atoms with E-state index in [9.17, 15) is 4.79 Å². The third kappa shape index (κ3) is 3.00. The van der Waals surface area contributed by atoms with Crippen molar-refractivity contribution in [3.05, 3.63) is 30.1 Å². The number of nitrogens with two attached hydrogens (primary N) is 1. The molecule has 0 unspecified atom stereocenters. The maximum Gasteiger partial charge on any atom is 0.223 e. The minimum absolute atomic E-state index is 0.216. The highest BCUT2D eigenvalue weighted by molar-refractivity contribution is 6.06. The second-order valence-electron chi connectivity index (χ2n) is 7.15. The molecule has 4 rings (SSSR count). The Hall–Kier alpha value is -2.63. The van der Waals surface area contributed by atoms with Crippen molar-refractivity contribution in [1.82, 2.24) is 19.9 Å². The molecule has 1 aliphatic rings. The van der Waals surface area contributed by atoms with Crippen LogP contribution < -0.4 is 11.1 Å². The van der Waals surface area contributed by atoms with Crippen molar-refractivity contribution in [2.24, 2.45) is 5.92 Å². The van der Waals surface area contributed by atoms with Gasteiger partial charge in [-0.15, -0.1) is 0 Å². The first-order valence-corrected chi connectivity index (χ1v) is 9.44. The fourth-order valence-corrected chi connectivity index (χ4v) is 4.03. The smallest absolute Gasteiger partial charge is 0.223 e. The van der Waals surface area contributed by atoms with Crippen LogP contribution in [0.5, 0.6) is 0 Å². The van der Waals surface area contributed by atoms with E-state index >= 15 is 0 Å². The Bertz CT molecular complexity index is 956. The van der Waals surface area contributed by atoms with Gasteiger partial charge < -0.3 is 15.6 Å². The molecule has 0 radical (unpaired) electrons. The summed E-state index contributed by atoms with van der Waals surface area (Å²) in [6.45, 7) is 3.47. The Labute approximate surface area is 152 Å². The zero-order valence-corrected chi connectivity index (χ0v) is 15.2. The Morgan fingerprint density at radius 3 is 2.85 bits per heavy atom. The van der Waals surface area contributed by atoms with Gasteiger partial charge in [0, 0.05) is 24.4 Å². The van der Waals surface area contributed by atoms with E-state index in [0.717, 1.165) is 53.6 Å². The summed E-state index contributed by atoms with van der Waals surface area (Å²) in [4.78, 5) is 21.2. The number of benzene rings is 1. The van der Waals surface area contributed by atoms with Gasteiger partial charge in [-0.3, -0.25) is 4.79 Å². The van der Waals surface area contributed by atoms with Crippen LogP contribution in [0.3, 0.4) is 0 Å². The summed E-state index contributed by atoms with van der Waals surface area (Å²) < 4.78 is 2.19. The third-order valence-corrected chi connectivity index (χ3v) is 5.38. The molecule has 3 N–H and O–H groups in total. The van der Waals surface area contributed by atoms with Crippen molar-refractivity contribution in [3.8, 4) is 0 Å². The van der Waals surface area contributed by atoms with E-state index in [2.05, 4.69) is 25.9 Å². The summed E-state index contributed by atoms with van der Waals surface area (Å²) in [5.74, 6) is 1.83. The normalized spacial score (nSPS) is 15.1. The number of hydrogen-bond acceptors (Lipinski definition) is 4. The van der Waals surface area contributed by atoms with Gasteiger partial charge in [0.25, 0.3) is 0 Å². The van der Waals surface area contributed by atoms with E-state index < -0.39 is 0 Å². The number of aromatic nitrogens is 3. The van der Waals surface area contributed by atoms with E-state index in [1.165, 1.54) is 12.8 Å². The molecule has 1 fully saturated rings. The van der Waals surface area contributed by atoms with Crippen LogP contribution in [0.25, 0.3) is 21.9 Å². The first kappa shape index (κ1) is 16.8. The molecule has 1 aliphatic carbocycles. The number of anilines is 1. The van der Waals surface area contributed by atoms with Crippen LogP contribution in [0.2, 0.25) is 0 Å². The molecule has 0 atom stereocenters. The Balaban J connectivity index is 1.53. The lowest BCUT2D eigenvalue weighted by molar-refractivity contribution is -0.124. The van der Waals surface area contributed by atoms with Gasteiger partial charge in [0.1, 0.15) is 11.3 Å². The van der Waals surface area contributed by atoms with Crippen molar-refractivity contribution in [2.75, 3.05) is 12.3 Å². The average Bonchev–Trinajstić information content (AvgIpc) is 3.27. The van der Waals surface area contributed by atoms with Gasteiger partial charge in [0.2, 0.25) is 5.91 Å². The molecule has 26 heavy (non-hydrogen) atoms. The number of fused-ring (bicyclic) bond motifs is 3. The number of aryl methyl sites for hydroxylation is 2. The number of rotatable bonds is 5. The molecule has 0 bridgehead atoms. The van der Waals surface area contributed by atoms with E-state index in [1.54, 1.807) is 0 Å². The number of imidazole rings is 1. The number of para-hydroxylation sites is 1. The Morgan fingerprint density at radius 2 is 2.04 bits per heavy atom. The van der Waals surface area contributed by atoms with Gasteiger partial charge in [0.05, 0.1) is 11.0 Å². The van der Waals surface area contributed by atoms with E-state index in [-0.39, 0.29) is 11.8 Å². The van der Waals surface area contributed by atoms with E-state index in [4.69, 9.17) is 5.73 Å². The molecule has 1 amide bonds. The molecule has 1 aromatic carbocycles. The molecular weight excluding hydrogens is 326 g/mol. The minimum Gasteiger partial charge on any atom is -0.382 e. The highest BCUT2D eigenvalue weighted by Crippen LogP contribution is 2.28. The zero-order valence-electron chi connectivity index (χ0n) is 15.2. The van der Waals surface area contributed by atoms with Crippen molar-refractivity contribution in [3.63, 3.8) is 0 Å². The van der Waals surface area contributed by atoms with Gasteiger partial charge >= 0.3 is 0 Å². The van der Waals surface area contributed by atoms with Crippen molar-refractivity contribution < 1.29 is 4.79 Å². The second kappa shape index (κ2) is 6.94. The summed E-state index contributed by atoms with van der Waals surface area (Å²) in [6, 6.07) is 8.00. The standard InChI is InChI=1S/C20H25N5O/c1-13-23-17-18(15-9-4-5-10-16(15)24-19(17)21)25(13)12-6-11-22-20(26)14-7-2-3-8-14/h4-5,9-10,14H,2-3,6-8,11-12H2,1H3,(H2,21,24)(H,22,26). The van der Waals surface area contributed by atoms with Crippen molar-refractivity contribution in [1.29, 1.82) is 0 Å². The van der Waals surface area contributed by atoms with Gasteiger partial charge in [-0.1, -0.05) is 31.0 Å². The minimum atomic E-state index is 0.216. The van der Waals surface area contributed by atoms with Crippen LogP contribution in [0.15, 0.2) is 24.3 Å². The number of hydrogen-bond donors (Lipinski definition) is 2. The second-order valence-corrected chi connectivity index (χ2v) is 7.15. The van der Waals surface area contributed by atoms with Crippen LogP contribution in [-0.2, 0) is 11.3 Å². The molecule has 2 heterocycles. The number of carbonyl (C=O) groups is 1. The Morgan fingerprint density at radius 1 is 1.27 bits per heavy atom. The van der Waals surface area contributed by atoms with Crippen molar-refractivity contribution >= 4 is 33.7 Å². The Kier molecular flexibility index (Phi) is 4.49. The highest BCUT2D eigenvalue weighted by Gasteiger charge is 2.22. The summed E-state index contributed by atoms with van der Waals surface area (Å²) in [5.41, 5.74) is 8.80. The molecule has 0 aliphatic heterocycles. The van der Waals surface area contributed by atoms with Crippen molar-refractivity contribution in [2.45, 2.75) is 45.6 Å². The van der Waals surface area contributed by atoms with Crippen LogP contribution in [-0.4, -0.2) is 27.0 Å². The molecule has 136 valence electrons. The quantitative estimate of drug-likeness (QED) is 0.691. The van der Waals surface area contributed by atoms with Gasteiger partial charge in [0.15, 0.2) is 5.82 Å². The SMILES string of the molecule is Cc1nc2c(N)nc3ccccc3c2n1CCCNC(=O)C1CCCC1. The number of nitrogen functional groups attached to an aromatic ring is 1. The summed E-state index contributed by atoms with van der Waals surface area (Å²) in [7, 11) is 0. The van der Waals surface area contributed by atoms with Crippen LogP contribution in [0.4, 0.5) is 5.82 Å². The number of carbonyl (C=O) groups excluding carboxylic acids is 1. The van der Waals surface area contributed by atoms with Crippen LogP contribution >= 0.6 is 0 Å². The molecule has 6 heteroatoms. The number of pyridine rings is 1. The zero-order chi connectivity index (χ0) is 18.1. The number of nitrogens with one attached hydrogen (secondary N) is 1. The van der Waals surface area contributed by atoms with Crippen LogP contribution in [0.1, 0.15) is 37.9 Å². The summed E-state index contributed by atoms with van der Waals surface area (Å²) in [5, 5.41) is 4.16. The topological polar surface area (TPSA) is 85.8 Å². The summed E-state index contributed by atoms with van der Waals surface area (Å²) in [6.07, 6.45) is 5.30. The van der Waals surface area contributed by atoms with Gasteiger partial charge in [-0.2, -0.15) is 0 Å². The summed E-state index contributed by atoms with van der Waals surface area (Å²) >= 11 is 0. The lowest BCUT2D eigenvalue weighted by atomic mass is 10.1. The first-order chi connectivity index (χ1) is 12.6. The third-order valence-electron chi connectivity index (χ3n) is 5.38. The monoisotopic (exact) mass is 351 g/mol. The highest BCUT2D eigenvalue weighted by atomic mass is 16.1. The van der Waals surface area contributed by atoms with Crippen LogP contribution in [0, 0.1) is 12.8 Å². The maximum atomic E-state index is 12.2. The lowest BCUT2D eigenvalue weighted by Crippen LogP contribution is -2.30. The molecule has 0 spiro atoms. The molecule has 3 aromatic rings. The lowest BCUT2D eigenvalue weighted by Gasteiger charge is -2.12. The first-order valence-electron chi connectivity index (χ1n) is 9.44. The molecule has 6 nitrogen and oxygen atoms in total. The predicted octanol–water partition coefficient (Wildman–Crippen LogP) is 3.17. The fourth-order valence-electron chi connectivity index (χ4n) is 4.03. The largest absolute Gasteiger partial charge is 0.382 e. The maximum absolute atomic E-state index is 12.2. The fraction of sp³-hybridized carbons (Fsp3) is 0.450. The number of amides is 1. The molecular formula is C20H25N5O. The van der Waals surface area contributed by atoms with E-state index in [1.807, 2.05) is 25.1 Å². The predicted molar refractivity (Wildman–Crippen MR) is 104 cm³/mol. The van der Waals surface area contributed by atoms with E-state index in [0.29, 0.717) is 12.4 Å². The van der Waals surface area contributed by atoms with Gasteiger partial charge in [-0.25, -0.2) is 9.97 Å². The number of nitrogens with zero attached hydrogens (tertiary/aromatic N) is 3. The molecule has 1 saturated carbocycles.